The fourth-order valence-electron chi connectivity index (χ4n) is 3.29. The van der Waals surface area contributed by atoms with E-state index < -0.39 is 0 Å². The van der Waals surface area contributed by atoms with E-state index in [2.05, 4.69) is 22.5 Å². The van der Waals surface area contributed by atoms with Crippen LogP contribution in [0.4, 0.5) is 0 Å². The third-order valence-corrected chi connectivity index (χ3v) is 4.77. The molecule has 0 aromatic heterocycles. The molecule has 0 spiro atoms. The van der Waals surface area contributed by atoms with Gasteiger partial charge in [-0.05, 0) is 45.1 Å². The number of hydrogen-bond donors (Lipinski definition) is 2. The van der Waals surface area contributed by atoms with Crippen LogP contribution in [0.3, 0.4) is 0 Å². The first-order valence-electron chi connectivity index (χ1n) is 10.1. The average Bonchev–Trinajstić information content (AvgIpc) is 3.14. The van der Waals surface area contributed by atoms with Crippen molar-refractivity contribution in [2.45, 2.75) is 19.9 Å². The number of rotatable bonds is 9. The number of guanidine groups is 1. The van der Waals surface area contributed by atoms with Crippen molar-refractivity contribution in [1.29, 1.82) is 0 Å². The summed E-state index contributed by atoms with van der Waals surface area (Å²) in [5.41, 5.74) is 1.71. The summed E-state index contributed by atoms with van der Waals surface area (Å²) < 4.78 is 5.29. The Labute approximate surface area is 169 Å². The lowest BCUT2D eigenvalue weighted by Gasteiger charge is -2.21. The van der Waals surface area contributed by atoms with Gasteiger partial charge in [0.2, 0.25) is 0 Å². The molecule has 0 bridgehead atoms. The summed E-state index contributed by atoms with van der Waals surface area (Å²) in [6.45, 7) is 7.67. The van der Waals surface area contributed by atoms with Crippen LogP contribution in [0, 0.1) is 5.92 Å². The molecule has 28 heavy (non-hydrogen) atoms. The molecule has 1 aliphatic rings. The Bertz CT molecular complexity index is 647. The molecule has 0 aliphatic carbocycles. The Morgan fingerprint density at radius 2 is 2.18 bits per heavy atom. The molecule has 7 heteroatoms. The van der Waals surface area contributed by atoms with Gasteiger partial charge in [0.15, 0.2) is 5.96 Å². The fraction of sp³-hybridized carbons (Fsp3) is 0.619. The van der Waals surface area contributed by atoms with Gasteiger partial charge in [-0.2, -0.15) is 0 Å². The van der Waals surface area contributed by atoms with E-state index in [0.29, 0.717) is 24.6 Å². The third kappa shape index (κ3) is 7.13. The minimum absolute atomic E-state index is 0.0402. The third-order valence-electron chi connectivity index (χ3n) is 4.77. The van der Waals surface area contributed by atoms with Crippen molar-refractivity contribution >= 4 is 11.9 Å². The fourth-order valence-corrected chi connectivity index (χ4v) is 3.29. The number of hydrogen-bond acceptors (Lipinski definition) is 4. The lowest BCUT2D eigenvalue weighted by Crippen LogP contribution is -2.40. The van der Waals surface area contributed by atoms with Crippen molar-refractivity contribution in [3.63, 3.8) is 0 Å². The van der Waals surface area contributed by atoms with Crippen LogP contribution in [-0.2, 0) is 11.3 Å². The highest BCUT2D eigenvalue weighted by molar-refractivity contribution is 5.94. The second kappa shape index (κ2) is 11.7. The van der Waals surface area contributed by atoms with Crippen LogP contribution in [0.1, 0.15) is 29.3 Å². The summed E-state index contributed by atoms with van der Waals surface area (Å²) in [5.74, 6) is 1.45. The highest BCUT2D eigenvalue weighted by atomic mass is 16.5. The number of carbonyl (C=O) groups is 1. The second-order valence-corrected chi connectivity index (χ2v) is 7.49. The smallest absolute Gasteiger partial charge is 0.251 e. The van der Waals surface area contributed by atoms with Crippen LogP contribution in [-0.4, -0.2) is 82.2 Å². The predicted molar refractivity (Wildman–Crippen MR) is 114 cm³/mol. The maximum atomic E-state index is 12.3. The van der Waals surface area contributed by atoms with E-state index in [9.17, 15) is 4.79 Å². The van der Waals surface area contributed by atoms with Crippen molar-refractivity contribution in [3.8, 4) is 0 Å². The molecule has 7 nitrogen and oxygen atoms in total. The van der Waals surface area contributed by atoms with Gasteiger partial charge in [0, 0.05) is 51.3 Å². The number of benzene rings is 1. The summed E-state index contributed by atoms with van der Waals surface area (Å²) in [7, 11) is 5.74. The normalized spacial score (nSPS) is 17.2. The summed E-state index contributed by atoms with van der Waals surface area (Å²) >= 11 is 0. The largest absolute Gasteiger partial charge is 0.384 e. The number of amides is 1. The molecule has 1 aromatic carbocycles. The Kier molecular flexibility index (Phi) is 9.23. The zero-order chi connectivity index (χ0) is 20.4. The monoisotopic (exact) mass is 389 g/mol. The molecule has 0 saturated carbocycles. The zero-order valence-corrected chi connectivity index (χ0v) is 17.7. The highest BCUT2D eigenvalue weighted by Gasteiger charge is 2.24. The molecule has 1 heterocycles. The molecular formula is C21H35N5O2. The predicted octanol–water partition coefficient (Wildman–Crippen LogP) is 1.41. The average molecular weight is 390 g/mol. The molecular weight excluding hydrogens is 354 g/mol. The van der Waals surface area contributed by atoms with E-state index in [1.54, 1.807) is 7.11 Å². The summed E-state index contributed by atoms with van der Waals surface area (Å²) in [6, 6.07) is 7.71. The molecule has 156 valence electrons. The number of nitrogens with zero attached hydrogens (tertiary/aromatic N) is 3. The minimum atomic E-state index is -0.0402. The van der Waals surface area contributed by atoms with Crippen molar-refractivity contribution in [3.05, 3.63) is 35.4 Å². The summed E-state index contributed by atoms with van der Waals surface area (Å²) in [4.78, 5) is 21.5. The van der Waals surface area contributed by atoms with Gasteiger partial charge in [-0.1, -0.05) is 12.1 Å². The number of nitrogens with one attached hydrogen (secondary N) is 2. The number of aliphatic imine (C=N–C) groups is 1. The van der Waals surface area contributed by atoms with E-state index in [-0.39, 0.29) is 5.91 Å². The van der Waals surface area contributed by atoms with Crippen LogP contribution < -0.4 is 10.6 Å². The summed E-state index contributed by atoms with van der Waals surface area (Å²) in [6.07, 6.45) is 1.13. The number of ether oxygens (including phenoxy) is 1. The van der Waals surface area contributed by atoms with Crippen molar-refractivity contribution < 1.29 is 9.53 Å². The van der Waals surface area contributed by atoms with Crippen molar-refractivity contribution in [1.82, 2.24) is 20.4 Å². The van der Waals surface area contributed by atoms with Crippen LogP contribution in [0.25, 0.3) is 0 Å². The van der Waals surface area contributed by atoms with Crippen LogP contribution in [0.5, 0.6) is 0 Å². The quantitative estimate of drug-likeness (QED) is 0.494. The number of methoxy groups -OCH3 is 1. The standard InChI is InChI=1S/C21H35N5O2/c1-5-22-21(26-11-9-18(15-26)16-28-4)24-14-17-7-6-8-19(13-17)20(27)23-10-12-25(2)3/h6-8,13,18H,5,9-12,14-16H2,1-4H3,(H,22,24)(H,23,27). The van der Waals surface area contributed by atoms with E-state index in [1.165, 1.54) is 0 Å². The highest BCUT2D eigenvalue weighted by Crippen LogP contribution is 2.17. The second-order valence-electron chi connectivity index (χ2n) is 7.49. The van der Waals surface area contributed by atoms with E-state index in [4.69, 9.17) is 9.73 Å². The molecule has 2 rings (SSSR count). The van der Waals surface area contributed by atoms with E-state index in [1.807, 2.05) is 43.3 Å². The molecule has 1 saturated heterocycles. The first kappa shape index (κ1) is 22.2. The topological polar surface area (TPSA) is 69.2 Å². The molecule has 1 amide bonds. The van der Waals surface area contributed by atoms with Crippen LogP contribution in [0.2, 0.25) is 0 Å². The first-order valence-corrected chi connectivity index (χ1v) is 10.1. The van der Waals surface area contributed by atoms with Gasteiger partial charge in [0.25, 0.3) is 5.91 Å². The lowest BCUT2D eigenvalue weighted by molar-refractivity contribution is 0.0951. The Morgan fingerprint density at radius 3 is 2.89 bits per heavy atom. The Balaban J connectivity index is 1.97. The maximum absolute atomic E-state index is 12.3. The molecule has 2 N–H and O–H groups in total. The molecule has 1 fully saturated rings. The Hall–Kier alpha value is -2.12. The van der Waals surface area contributed by atoms with Crippen molar-refractivity contribution in [2.24, 2.45) is 10.9 Å². The molecule has 1 aliphatic heterocycles. The first-order chi connectivity index (χ1) is 13.5. The van der Waals surface area contributed by atoms with Crippen LogP contribution >= 0.6 is 0 Å². The minimum Gasteiger partial charge on any atom is -0.384 e. The van der Waals surface area contributed by atoms with Gasteiger partial charge in [-0.15, -0.1) is 0 Å². The molecule has 1 aromatic rings. The van der Waals surface area contributed by atoms with Gasteiger partial charge >= 0.3 is 0 Å². The number of likely N-dealkylation sites (N-methyl/N-ethyl adjacent to an activating group) is 1. The summed E-state index contributed by atoms with van der Waals surface area (Å²) in [5, 5.41) is 6.34. The van der Waals surface area contributed by atoms with Gasteiger partial charge in [-0.3, -0.25) is 4.79 Å². The molecule has 0 radical (unpaired) electrons. The van der Waals surface area contributed by atoms with Crippen LogP contribution in [0.15, 0.2) is 29.3 Å². The van der Waals surface area contributed by atoms with Gasteiger partial charge in [0.05, 0.1) is 13.2 Å². The molecule has 1 unspecified atom stereocenters. The Morgan fingerprint density at radius 1 is 1.36 bits per heavy atom. The zero-order valence-electron chi connectivity index (χ0n) is 17.7. The lowest BCUT2D eigenvalue weighted by atomic mass is 10.1. The number of carbonyl (C=O) groups excluding carboxylic acids is 1. The van der Waals surface area contributed by atoms with E-state index >= 15 is 0 Å². The number of likely N-dealkylation sites (tertiary alicyclic amines) is 1. The van der Waals surface area contributed by atoms with Crippen molar-refractivity contribution in [2.75, 3.05) is 60.5 Å². The van der Waals surface area contributed by atoms with Gasteiger partial charge < -0.3 is 25.2 Å². The maximum Gasteiger partial charge on any atom is 0.251 e. The SMILES string of the molecule is CCNC(=NCc1cccc(C(=O)NCCN(C)C)c1)N1CCC(COC)C1. The van der Waals surface area contributed by atoms with E-state index in [0.717, 1.165) is 50.7 Å². The molecule has 1 atom stereocenters. The van der Waals surface area contributed by atoms with Gasteiger partial charge in [0.1, 0.15) is 0 Å². The van der Waals surface area contributed by atoms with Gasteiger partial charge in [-0.25, -0.2) is 4.99 Å².